The highest BCUT2D eigenvalue weighted by Crippen LogP contribution is 2.19. The van der Waals surface area contributed by atoms with Gasteiger partial charge in [0.15, 0.2) is 0 Å². The Morgan fingerprint density at radius 1 is 1.22 bits per heavy atom. The lowest BCUT2D eigenvalue weighted by Crippen LogP contribution is -2.05. The maximum absolute atomic E-state index is 5.74. The molecular weight excluding hydrogens is 314 g/mol. The number of hydrogen-bond acceptors (Lipinski definition) is 3. The zero-order chi connectivity index (χ0) is 12.8. The maximum atomic E-state index is 5.74. The summed E-state index contributed by atoms with van der Waals surface area (Å²) in [6.45, 7) is 0.848. The van der Waals surface area contributed by atoms with Crippen LogP contribution < -0.4 is 5.32 Å². The van der Waals surface area contributed by atoms with E-state index in [1.807, 2.05) is 6.07 Å². The van der Waals surface area contributed by atoms with Crippen molar-refractivity contribution in [3.05, 3.63) is 51.8 Å². The summed E-state index contributed by atoms with van der Waals surface area (Å²) in [7, 11) is 0. The van der Waals surface area contributed by atoms with E-state index in [0.717, 1.165) is 29.7 Å². The van der Waals surface area contributed by atoms with Crippen molar-refractivity contribution in [2.45, 2.75) is 12.8 Å². The van der Waals surface area contributed by atoms with Crippen molar-refractivity contribution < 1.29 is 0 Å². The van der Waals surface area contributed by atoms with E-state index in [-0.39, 0.29) is 5.28 Å². The fourth-order valence-electron chi connectivity index (χ4n) is 1.61. The number of aryl methyl sites for hydroxylation is 1. The highest BCUT2D eigenvalue weighted by Gasteiger charge is 2.02. The van der Waals surface area contributed by atoms with E-state index >= 15 is 0 Å². The van der Waals surface area contributed by atoms with Crippen molar-refractivity contribution in [2.75, 3.05) is 11.9 Å². The zero-order valence-corrected chi connectivity index (χ0v) is 12.1. The smallest absolute Gasteiger partial charge is 0.224 e. The van der Waals surface area contributed by atoms with Crippen molar-refractivity contribution in [3.63, 3.8) is 0 Å². The normalized spacial score (nSPS) is 10.3. The second kappa shape index (κ2) is 6.71. The van der Waals surface area contributed by atoms with Crippen LogP contribution in [0.15, 0.2) is 41.0 Å². The summed E-state index contributed by atoms with van der Waals surface area (Å²) in [5.41, 5.74) is 1.35. The highest BCUT2D eigenvalue weighted by atomic mass is 79.9. The summed E-state index contributed by atoms with van der Waals surface area (Å²) in [5.74, 6) is 0.739. The molecule has 0 fully saturated rings. The van der Waals surface area contributed by atoms with Crippen LogP contribution in [-0.2, 0) is 6.42 Å². The van der Waals surface area contributed by atoms with Gasteiger partial charge < -0.3 is 5.32 Å². The van der Waals surface area contributed by atoms with Crippen LogP contribution in [0.4, 0.5) is 5.82 Å². The first kappa shape index (κ1) is 13.3. The van der Waals surface area contributed by atoms with E-state index in [1.54, 1.807) is 6.20 Å². The average Bonchev–Trinajstić information content (AvgIpc) is 2.40. The van der Waals surface area contributed by atoms with Gasteiger partial charge in [-0.1, -0.05) is 30.3 Å². The minimum Gasteiger partial charge on any atom is -0.369 e. The van der Waals surface area contributed by atoms with Crippen LogP contribution in [0.1, 0.15) is 12.0 Å². The Morgan fingerprint density at radius 3 is 2.78 bits per heavy atom. The predicted molar refractivity (Wildman–Crippen MR) is 78.0 cm³/mol. The number of rotatable bonds is 5. The number of hydrogen-bond donors (Lipinski definition) is 1. The quantitative estimate of drug-likeness (QED) is 0.668. The van der Waals surface area contributed by atoms with E-state index < -0.39 is 0 Å². The second-order valence-corrected chi connectivity index (χ2v) is 5.04. The van der Waals surface area contributed by atoms with Gasteiger partial charge in [0.1, 0.15) is 5.82 Å². The van der Waals surface area contributed by atoms with Crippen molar-refractivity contribution in [1.29, 1.82) is 0 Å². The SMILES string of the molecule is Clc1ncc(Br)c(NCCCc2ccccc2)n1. The fourth-order valence-corrected chi connectivity index (χ4v) is 2.08. The number of halogens is 2. The molecule has 0 unspecified atom stereocenters. The molecule has 0 atom stereocenters. The van der Waals surface area contributed by atoms with Crippen LogP contribution in [0.2, 0.25) is 5.28 Å². The lowest BCUT2D eigenvalue weighted by molar-refractivity contribution is 0.857. The Morgan fingerprint density at radius 2 is 2.00 bits per heavy atom. The van der Waals surface area contributed by atoms with Gasteiger partial charge in [-0.15, -0.1) is 0 Å². The topological polar surface area (TPSA) is 37.8 Å². The molecule has 0 saturated heterocycles. The molecule has 3 nitrogen and oxygen atoms in total. The Kier molecular flexibility index (Phi) is 4.96. The summed E-state index contributed by atoms with van der Waals surface area (Å²) in [4.78, 5) is 8.00. The number of anilines is 1. The first-order valence-corrected chi connectivity index (χ1v) is 6.88. The molecule has 1 heterocycles. The molecule has 2 aromatic rings. The molecule has 0 aliphatic carbocycles. The molecule has 18 heavy (non-hydrogen) atoms. The fraction of sp³-hybridized carbons (Fsp3) is 0.231. The van der Waals surface area contributed by atoms with Crippen LogP contribution in [0.5, 0.6) is 0 Å². The van der Waals surface area contributed by atoms with Gasteiger partial charge in [0, 0.05) is 12.7 Å². The van der Waals surface area contributed by atoms with Crippen LogP contribution >= 0.6 is 27.5 Å². The zero-order valence-electron chi connectivity index (χ0n) is 9.74. The standard InChI is InChI=1S/C13H13BrClN3/c14-11-9-17-13(15)18-12(11)16-8-4-7-10-5-2-1-3-6-10/h1-3,5-6,9H,4,7-8H2,(H,16,17,18). The number of aromatic nitrogens is 2. The summed E-state index contributed by atoms with van der Waals surface area (Å²) in [6, 6.07) is 10.4. The minimum absolute atomic E-state index is 0.253. The molecule has 94 valence electrons. The van der Waals surface area contributed by atoms with Crippen LogP contribution in [-0.4, -0.2) is 16.5 Å². The van der Waals surface area contributed by atoms with E-state index in [0.29, 0.717) is 0 Å². The lowest BCUT2D eigenvalue weighted by atomic mass is 10.1. The number of benzene rings is 1. The predicted octanol–water partition coefficient (Wildman–Crippen LogP) is 3.94. The third kappa shape index (κ3) is 3.96. The second-order valence-electron chi connectivity index (χ2n) is 3.85. The van der Waals surface area contributed by atoms with Gasteiger partial charge in [-0.25, -0.2) is 4.98 Å². The van der Waals surface area contributed by atoms with Gasteiger partial charge in [-0.2, -0.15) is 4.98 Å². The van der Waals surface area contributed by atoms with Gasteiger partial charge in [0.25, 0.3) is 0 Å². The molecule has 0 saturated carbocycles. The van der Waals surface area contributed by atoms with Gasteiger partial charge in [-0.3, -0.25) is 0 Å². The van der Waals surface area contributed by atoms with Gasteiger partial charge in [0.05, 0.1) is 4.47 Å². The molecule has 1 N–H and O–H groups in total. The Hall–Kier alpha value is -1.13. The molecule has 0 bridgehead atoms. The number of nitrogens with zero attached hydrogens (tertiary/aromatic N) is 2. The molecule has 1 aromatic heterocycles. The lowest BCUT2D eigenvalue weighted by Gasteiger charge is -2.07. The summed E-state index contributed by atoms with van der Waals surface area (Å²) < 4.78 is 0.826. The summed E-state index contributed by atoms with van der Waals surface area (Å²) in [5, 5.41) is 3.50. The molecule has 0 aliphatic heterocycles. The van der Waals surface area contributed by atoms with Crippen molar-refractivity contribution >= 4 is 33.3 Å². The molecule has 0 amide bonds. The monoisotopic (exact) mass is 325 g/mol. The van der Waals surface area contributed by atoms with Crippen LogP contribution in [0.3, 0.4) is 0 Å². The number of nitrogens with one attached hydrogen (secondary N) is 1. The summed E-state index contributed by atoms with van der Waals surface area (Å²) in [6.07, 6.45) is 3.73. The highest BCUT2D eigenvalue weighted by molar-refractivity contribution is 9.10. The molecule has 5 heteroatoms. The average molecular weight is 327 g/mol. The van der Waals surface area contributed by atoms with Gasteiger partial charge >= 0.3 is 0 Å². The summed E-state index contributed by atoms with van der Waals surface area (Å²) >= 11 is 9.12. The molecule has 2 rings (SSSR count). The van der Waals surface area contributed by atoms with Crippen LogP contribution in [0.25, 0.3) is 0 Å². The van der Waals surface area contributed by atoms with E-state index in [2.05, 4.69) is 55.5 Å². The Balaban J connectivity index is 1.80. The largest absolute Gasteiger partial charge is 0.369 e. The molecule has 1 aromatic carbocycles. The van der Waals surface area contributed by atoms with E-state index in [4.69, 9.17) is 11.6 Å². The Bertz CT molecular complexity index is 505. The van der Waals surface area contributed by atoms with Crippen molar-refractivity contribution in [2.24, 2.45) is 0 Å². The minimum atomic E-state index is 0.253. The third-order valence-electron chi connectivity index (χ3n) is 2.49. The first-order chi connectivity index (χ1) is 8.75. The van der Waals surface area contributed by atoms with Crippen LogP contribution in [0, 0.1) is 0 Å². The van der Waals surface area contributed by atoms with E-state index in [9.17, 15) is 0 Å². The van der Waals surface area contributed by atoms with Crippen molar-refractivity contribution in [3.8, 4) is 0 Å². The van der Waals surface area contributed by atoms with Crippen molar-refractivity contribution in [1.82, 2.24) is 9.97 Å². The molecule has 0 spiro atoms. The maximum Gasteiger partial charge on any atom is 0.224 e. The molecular formula is C13H13BrClN3. The molecule has 0 aliphatic rings. The van der Waals surface area contributed by atoms with Gasteiger partial charge in [0.2, 0.25) is 5.28 Å². The first-order valence-electron chi connectivity index (χ1n) is 5.71. The molecule has 0 radical (unpaired) electrons. The van der Waals surface area contributed by atoms with Gasteiger partial charge in [-0.05, 0) is 45.9 Å². The van der Waals surface area contributed by atoms with E-state index in [1.165, 1.54) is 5.56 Å². The third-order valence-corrected chi connectivity index (χ3v) is 3.25. The Labute approximate surface area is 120 Å².